The molecule has 0 bridgehead atoms. The second kappa shape index (κ2) is 8.83. The van der Waals surface area contributed by atoms with Gasteiger partial charge in [-0.1, -0.05) is 40.7 Å². The third-order valence-electron chi connectivity index (χ3n) is 4.22. The third-order valence-corrected chi connectivity index (χ3v) is 5.11. The van der Waals surface area contributed by atoms with E-state index in [2.05, 4.69) is 25.6 Å². The fraction of sp³-hybridized carbons (Fsp3) is 0.0952. The van der Waals surface area contributed by atoms with Crippen LogP contribution < -0.4 is 5.32 Å². The molecule has 1 amide bonds. The van der Waals surface area contributed by atoms with Crippen molar-refractivity contribution in [3.05, 3.63) is 89.8 Å². The molecule has 2 aromatic heterocycles. The first-order valence-corrected chi connectivity index (χ1v) is 10.1. The van der Waals surface area contributed by atoms with Crippen molar-refractivity contribution >= 4 is 23.4 Å². The van der Waals surface area contributed by atoms with Crippen molar-refractivity contribution < 1.29 is 9.18 Å². The average molecular weight is 420 g/mol. The molecule has 0 unspecified atom stereocenters. The third kappa shape index (κ3) is 4.52. The van der Waals surface area contributed by atoms with Gasteiger partial charge in [0.2, 0.25) is 0 Å². The summed E-state index contributed by atoms with van der Waals surface area (Å²) in [6, 6.07) is 15.2. The Kier molecular flexibility index (Phi) is 5.80. The van der Waals surface area contributed by atoms with Crippen molar-refractivity contribution in [2.75, 3.05) is 5.32 Å². The number of carbonyl (C=O) groups is 1. The van der Waals surface area contributed by atoms with Gasteiger partial charge < -0.3 is 5.32 Å². The van der Waals surface area contributed by atoms with Crippen molar-refractivity contribution in [2.24, 2.45) is 0 Å². The summed E-state index contributed by atoms with van der Waals surface area (Å²) in [7, 11) is 0. The number of halogens is 1. The summed E-state index contributed by atoms with van der Waals surface area (Å²) in [4.78, 5) is 21.3. The average Bonchev–Trinajstić information content (AvgIpc) is 3.17. The van der Waals surface area contributed by atoms with Crippen molar-refractivity contribution in [1.82, 2.24) is 25.0 Å². The molecule has 4 aromatic rings. The van der Waals surface area contributed by atoms with E-state index in [1.165, 1.54) is 30.0 Å². The predicted octanol–water partition coefficient (Wildman–Crippen LogP) is 4.05. The van der Waals surface area contributed by atoms with Crippen LogP contribution in [0.1, 0.15) is 21.7 Å². The summed E-state index contributed by atoms with van der Waals surface area (Å²) >= 11 is 1.37. The molecular weight excluding hydrogens is 403 g/mol. The van der Waals surface area contributed by atoms with Gasteiger partial charge in [-0.05, 0) is 43.3 Å². The van der Waals surface area contributed by atoms with E-state index in [0.717, 1.165) is 11.3 Å². The highest BCUT2D eigenvalue weighted by atomic mass is 32.2. The minimum absolute atomic E-state index is 0.156. The molecule has 2 aromatic carbocycles. The lowest BCUT2D eigenvalue weighted by Crippen LogP contribution is -2.15. The SMILES string of the molecule is Cc1ccc(-n2nnc(C(=O)Nc3cccc(F)c3)c2CSc2ncccn2)cc1. The molecule has 0 radical (unpaired) electrons. The topological polar surface area (TPSA) is 85.6 Å². The van der Waals surface area contributed by atoms with Crippen LogP contribution in [0.15, 0.2) is 72.1 Å². The number of benzene rings is 2. The second-order valence-corrected chi connectivity index (χ2v) is 7.36. The molecule has 0 atom stereocenters. The monoisotopic (exact) mass is 420 g/mol. The summed E-state index contributed by atoms with van der Waals surface area (Å²) in [6.07, 6.45) is 3.31. The fourth-order valence-electron chi connectivity index (χ4n) is 2.75. The van der Waals surface area contributed by atoms with E-state index in [0.29, 0.717) is 22.3 Å². The zero-order chi connectivity index (χ0) is 20.9. The maximum Gasteiger partial charge on any atom is 0.278 e. The van der Waals surface area contributed by atoms with E-state index in [4.69, 9.17) is 0 Å². The first-order valence-electron chi connectivity index (χ1n) is 9.08. The Balaban J connectivity index is 1.66. The highest BCUT2D eigenvalue weighted by Crippen LogP contribution is 2.23. The Morgan fingerprint density at radius 1 is 1.10 bits per heavy atom. The molecule has 0 saturated heterocycles. The van der Waals surface area contributed by atoms with Crippen molar-refractivity contribution in [3.63, 3.8) is 0 Å². The Morgan fingerprint density at radius 2 is 1.87 bits per heavy atom. The molecule has 150 valence electrons. The zero-order valence-corrected chi connectivity index (χ0v) is 16.8. The lowest BCUT2D eigenvalue weighted by atomic mass is 10.2. The van der Waals surface area contributed by atoms with Crippen LogP contribution in [0.2, 0.25) is 0 Å². The van der Waals surface area contributed by atoms with Crippen LogP contribution in [0.5, 0.6) is 0 Å². The quantitative estimate of drug-likeness (QED) is 0.374. The Bertz CT molecular complexity index is 1160. The van der Waals surface area contributed by atoms with Gasteiger partial charge in [0.25, 0.3) is 5.91 Å². The number of rotatable bonds is 6. The standard InChI is InChI=1S/C21H17FN6OS/c1-14-6-8-17(9-7-14)28-18(13-30-21-23-10-3-11-24-21)19(26-27-28)20(29)25-16-5-2-4-15(22)12-16/h2-12H,13H2,1H3,(H,25,29). The van der Waals surface area contributed by atoms with Gasteiger partial charge in [0.1, 0.15) is 5.82 Å². The number of aromatic nitrogens is 5. The molecular formula is C21H17FN6OS. The van der Waals surface area contributed by atoms with Crippen LogP contribution in [0.3, 0.4) is 0 Å². The summed E-state index contributed by atoms with van der Waals surface area (Å²) in [5.41, 5.74) is 2.97. The van der Waals surface area contributed by atoms with Gasteiger partial charge in [-0.3, -0.25) is 4.79 Å². The number of nitrogens with zero attached hydrogens (tertiary/aromatic N) is 5. The molecule has 0 aliphatic carbocycles. The van der Waals surface area contributed by atoms with Crippen molar-refractivity contribution in [3.8, 4) is 5.69 Å². The van der Waals surface area contributed by atoms with Crippen LogP contribution in [0, 0.1) is 12.7 Å². The minimum Gasteiger partial charge on any atom is -0.320 e. The molecule has 0 aliphatic heterocycles. The van der Waals surface area contributed by atoms with Crippen LogP contribution in [-0.4, -0.2) is 30.9 Å². The normalized spacial score (nSPS) is 10.7. The van der Waals surface area contributed by atoms with E-state index in [-0.39, 0.29) is 5.69 Å². The molecule has 30 heavy (non-hydrogen) atoms. The Morgan fingerprint density at radius 3 is 2.60 bits per heavy atom. The van der Waals surface area contributed by atoms with Gasteiger partial charge in [-0.15, -0.1) is 5.10 Å². The molecule has 1 N–H and O–H groups in total. The number of nitrogens with one attached hydrogen (secondary N) is 1. The van der Waals surface area contributed by atoms with Gasteiger partial charge in [0.15, 0.2) is 10.9 Å². The molecule has 0 saturated carbocycles. The number of hydrogen-bond acceptors (Lipinski definition) is 6. The number of anilines is 1. The molecule has 4 rings (SSSR count). The summed E-state index contributed by atoms with van der Waals surface area (Å²) in [5.74, 6) is -0.534. The molecule has 0 spiro atoms. The Hall–Kier alpha value is -3.59. The van der Waals surface area contributed by atoms with E-state index in [1.807, 2.05) is 31.2 Å². The van der Waals surface area contributed by atoms with E-state index in [9.17, 15) is 9.18 Å². The highest BCUT2D eigenvalue weighted by molar-refractivity contribution is 7.98. The van der Waals surface area contributed by atoms with Crippen molar-refractivity contribution in [1.29, 1.82) is 0 Å². The van der Waals surface area contributed by atoms with Gasteiger partial charge in [0, 0.05) is 23.8 Å². The van der Waals surface area contributed by atoms with Crippen LogP contribution in [0.25, 0.3) is 5.69 Å². The smallest absolute Gasteiger partial charge is 0.278 e. The highest BCUT2D eigenvalue weighted by Gasteiger charge is 2.21. The number of carbonyl (C=O) groups excluding carboxylic acids is 1. The predicted molar refractivity (Wildman–Crippen MR) is 112 cm³/mol. The van der Waals surface area contributed by atoms with Crippen molar-refractivity contribution in [2.45, 2.75) is 17.8 Å². The van der Waals surface area contributed by atoms with E-state index >= 15 is 0 Å². The maximum atomic E-state index is 13.5. The molecule has 7 nitrogen and oxygen atoms in total. The zero-order valence-electron chi connectivity index (χ0n) is 16.0. The van der Waals surface area contributed by atoms with Crippen LogP contribution in [0.4, 0.5) is 10.1 Å². The summed E-state index contributed by atoms with van der Waals surface area (Å²) < 4.78 is 15.1. The molecule has 9 heteroatoms. The number of aryl methyl sites for hydroxylation is 1. The lowest BCUT2D eigenvalue weighted by molar-refractivity contribution is 0.102. The largest absolute Gasteiger partial charge is 0.320 e. The van der Waals surface area contributed by atoms with E-state index < -0.39 is 11.7 Å². The number of amides is 1. The van der Waals surface area contributed by atoms with Crippen LogP contribution >= 0.6 is 11.8 Å². The molecule has 0 fully saturated rings. The van der Waals surface area contributed by atoms with Gasteiger partial charge in [0.05, 0.1) is 11.4 Å². The summed E-state index contributed by atoms with van der Waals surface area (Å²) in [6.45, 7) is 1.99. The Labute approximate surface area is 176 Å². The minimum atomic E-state index is -0.469. The first-order chi connectivity index (χ1) is 14.6. The van der Waals surface area contributed by atoms with Gasteiger partial charge >= 0.3 is 0 Å². The lowest BCUT2D eigenvalue weighted by Gasteiger charge is -2.09. The number of thioether (sulfide) groups is 1. The van der Waals surface area contributed by atoms with Crippen LogP contribution in [-0.2, 0) is 5.75 Å². The maximum absolute atomic E-state index is 13.5. The second-order valence-electron chi connectivity index (χ2n) is 6.42. The first kappa shape index (κ1) is 19.7. The number of hydrogen-bond donors (Lipinski definition) is 1. The van der Waals surface area contributed by atoms with Gasteiger partial charge in [-0.25, -0.2) is 19.0 Å². The van der Waals surface area contributed by atoms with E-state index in [1.54, 1.807) is 29.2 Å². The summed E-state index contributed by atoms with van der Waals surface area (Å²) in [5, 5.41) is 11.5. The van der Waals surface area contributed by atoms with Gasteiger partial charge in [-0.2, -0.15) is 0 Å². The molecule has 0 aliphatic rings. The fourth-order valence-corrected chi connectivity index (χ4v) is 3.55. The molecule has 2 heterocycles.